The van der Waals surface area contributed by atoms with Crippen molar-refractivity contribution in [1.82, 2.24) is 0 Å². The molecule has 1 aromatic carbocycles. The minimum absolute atomic E-state index is 0.0360. The molecule has 1 aliphatic heterocycles. The van der Waals surface area contributed by atoms with Gasteiger partial charge < -0.3 is 9.47 Å². The Morgan fingerprint density at radius 3 is 2.71 bits per heavy atom. The number of nitrogens with zero attached hydrogens (tertiary/aromatic N) is 1. The molecule has 1 amide bonds. The Morgan fingerprint density at radius 1 is 1.35 bits per heavy atom. The lowest BCUT2D eigenvalue weighted by molar-refractivity contribution is -0.274. The van der Waals surface area contributed by atoms with E-state index in [1.807, 2.05) is 0 Å². The number of ether oxygens (including phenoxy) is 2. The number of alkyl halides is 3. The average molecular weight is 247 g/mol. The van der Waals surface area contributed by atoms with Gasteiger partial charge in [-0.2, -0.15) is 0 Å². The number of amides is 1. The van der Waals surface area contributed by atoms with Gasteiger partial charge >= 0.3 is 6.36 Å². The summed E-state index contributed by atoms with van der Waals surface area (Å²) in [5.41, 5.74) is 0.314. The number of anilines is 1. The first-order valence-corrected chi connectivity index (χ1v) is 4.70. The number of hydrogen-bond donors (Lipinski definition) is 0. The maximum Gasteiger partial charge on any atom is 0.573 e. The molecule has 92 valence electrons. The van der Waals surface area contributed by atoms with Crippen LogP contribution in [-0.4, -0.2) is 25.6 Å². The normalized spacial score (nSPS) is 16.4. The second-order valence-electron chi connectivity index (χ2n) is 3.34. The Kier molecular flexibility index (Phi) is 2.93. The van der Waals surface area contributed by atoms with Crippen LogP contribution in [0.3, 0.4) is 0 Å². The molecular formula is C10H8F3NO3. The van der Waals surface area contributed by atoms with E-state index in [9.17, 15) is 18.0 Å². The molecule has 0 atom stereocenters. The molecule has 1 heterocycles. The third-order valence-corrected chi connectivity index (χ3v) is 2.11. The van der Waals surface area contributed by atoms with Gasteiger partial charge in [0.25, 0.3) is 5.91 Å². The van der Waals surface area contributed by atoms with Crippen molar-refractivity contribution in [2.45, 2.75) is 6.36 Å². The van der Waals surface area contributed by atoms with Crippen LogP contribution in [-0.2, 0) is 9.53 Å². The molecule has 1 aliphatic rings. The first-order chi connectivity index (χ1) is 7.96. The first-order valence-electron chi connectivity index (χ1n) is 4.70. The molecule has 4 nitrogen and oxygen atoms in total. The highest BCUT2D eigenvalue weighted by Gasteiger charge is 2.31. The summed E-state index contributed by atoms with van der Waals surface area (Å²) in [7, 11) is 0. The summed E-state index contributed by atoms with van der Waals surface area (Å²) in [6.45, 7) is -0.0291. The SMILES string of the molecule is O=C1COCN1c1cccc(OC(F)(F)F)c1. The lowest BCUT2D eigenvalue weighted by Gasteiger charge is -2.15. The highest BCUT2D eigenvalue weighted by atomic mass is 19.4. The smallest absolute Gasteiger partial charge is 0.406 e. The maximum atomic E-state index is 12.0. The van der Waals surface area contributed by atoms with Crippen LogP contribution in [0.25, 0.3) is 0 Å². The monoisotopic (exact) mass is 247 g/mol. The average Bonchev–Trinajstić information content (AvgIpc) is 2.62. The van der Waals surface area contributed by atoms with E-state index in [2.05, 4.69) is 4.74 Å². The molecule has 0 spiro atoms. The molecule has 0 aromatic heterocycles. The van der Waals surface area contributed by atoms with Crippen molar-refractivity contribution in [3.63, 3.8) is 0 Å². The molecule has 0 unspecified atom stereocenters. The minimum atomic E-state index is -4.75. The van der Waals surface area contributed by atoms with Crippen LogP contribution >= 0.6 is 0 Å². The minimum Gasteiger partial charge on any atom is -0.406 e. The summed E-state index contributed by atoms with van der Waals surface area (Å²) < 4.78 is 44.6. The van der Waals surface area contributed by atoms with Gasteiger partial charge in [-0.1, -0.05) is 6.07 Å². The molecular weight excluding hydrogens is 239 g/mol. The van der Waals surface area contributed by atoms with Gasteiger partial charge in [0.1, 0.15) is 19.1 Å². The summed E-state index contributed by atoms with van der Waals surface area (Å²) in [6, 6.07) is 5.19. The number of carbonyl (C=O) groups is 1. The van der Waals surface area contributed by atoms with Crippen molar-refractivity contribution in [3.8, 4) is 5.75 Å². The van der Waals surface area contributed by atoms with Gasteiger partial charge in [0.2, 0.25) is 0 Å². The van der Waals surface area contributed by atoms with E-state index < -0.39 is 6.36 Å². The Hall–Kier alpha value is -1.76. The van der Waals surface area contributed by atoms with Crippen LogP contribution in [0, 0.1) is 0 Å². The lowest BCUT2D eigenvalue weighted by Crippen LogP contribution is -2.25. The van der Waals surface area contributed by atoms with Crippen molar-refractivity contribution in [2.24, 2.45) is 0 Å². The third-order valence-electron chi connectivity index (χ3n) is 2.11. The van der Waals surface area contributed by atoms with Crippen LogP contribution in [0.2, 0.25) is 0 Å². The van der Waals surface area contributed by atoms with E-state index in [0.29, 0.717) is 5.69 Å². The second-order valence-corrected chi connectivity index (χ2v) is 3.34. The molecule has 0 bridgehead atoms. The van der Waals surface area contributed by atoms with Crippen LogP contribution in [0.4, 0.5) is 18.9 Å². The highest BCUT2D eigenvalue weighted by molar-refractivity contribution is 5.95. The second kappa shape index (κ2) is 4.25. The van der Waals surface area contributed by atoms with E-state index in [4.69, 9.17) is 4.74 Å². The molecule has 1 aromatic rings. The zero-order chi connectivity index (χ0) is 12.5. The zero-order valence-corrected chi connectivity index (χ0v) is 8.53. The van der Waals surface area contributed by atoms with E-state index >= 15 is 0 Å². The predicted octanol–water partition coefficient (Wildman–Crippen LogP) is 1.91. The zero-order valence-electron chi connectivity index (χ0n) is 8.53. The standard InChI is InChI=1S/C10H8F3NO3/c11-10(12,13)17-8-3-1-2-7(4-8)14-6-16-5-9(14)15/h1-4H,5-6H2. The van der Waals surface area contributed by atoms with Crippen molar-refractivity contribution in [1.29, 1.82) is 0 Å². The van der Waals surface area contributed by atoms with Gasteiger partial charge in [-0.25, -0.2) is 0 Å². The van der Waals surface area contributed by atoms with Crippen molar-refractivity contribution in [2.75, 3.05) is 18.2 Å². The van der Waals surface area contributed by atoms with Crippen molar-refractivity contribution < 1.29 is 27.4 Å². The first kappa shape index (κ1) is 11.7. The van der Waals surface area contributed by atoms with Gasteiger partial charge in [-0.05, 0) is 12.1 Å². The van der Waals surface area contributed by atoms with Crippen molar-refractivity contribution in [3.05, 3.63) is 24.3 Å². The predicted molar refractivity (Wildman–Crippen MR) is 51.4 cm³/mol. The van der Waals surface area contributed by atoms with E-state index in [-0.39, 0.29) is 25.0 Å². The fourth-order valence-electron chi connectivity index (χ4n) is 1.44. The molecule has 0 aliphatic carbocycles. The number of benzene rings is 1. The van der Waals surface area contributed by atoms with Gasteiger partial charge in [-0.15, -0.1) is 13.2 Å². The van der Waals surface area contributed by atoms with Crippen LogP contribution in [0.5, 0.6) is 5.75 Å². The number of hydrogen-bond acceptors (Lipinski definition) is 3. The van der Waals surface area contributed by atoms with E-state index in [0.717, 1.165) is 6.07 Å². The molecule has 1 saturated heterocycles. The van der Waals surface area contributed by atoms with Gasteiger partial charge in [0.05, 0.1) is 0 Å². The number of rotatable bonds is 2. The lowest BCUT2D eigenvalue weighted by atomic mass is 10.3. The van der Waals surface area contributed by atoms with Crippen LogP contribution in [0.15, 0.2) is 24.3 Å². The van der Waals surface area contributed by atoms with Gasteiger partial charge in [-0.3, -0.25) is 9.69 Å². The fourth-order valence-corrected chi connectivity index (χ4v) is 1.44. The Labute approximate surface area is 94.5 Å². The van der Waals surface area contributed by atoms with Crippen LogP contribution in [0.1, 0.15) is 0 Å². The number of halogens is 3. The van der Waals surface area contributed by atoms with Gasteiger partial charge in [0, 0.05) is 11.8 Å². The Bertz CT molecular complexity index is 433. The third kappa shape index (κ3) is 2.88. The molecule has 2 rings (SSSR count). The summed E-state index contributed by atoms with van der Waals surface area (Å²) >= 11 is 0. The largest absolute Gasteiger partial charge is 0.573 e. The number of carbonyl (C=O) groups excluding carboxylic acids is 1. The summed E-state index contributed by atoms with van der Waals surface area (Å²) in [4.78, 5) is 12.5. The molecule has 1 fully saturated rings. The summed E-state index contributed by atoms with van der Waals surface area (Å²) in [5, 5.41) is 0. The summed E-state index contributed by atoms with van der Waals surface area (Å²) in [5.74, 6) is -0.663. The highest BCUT2D eigenvalue weighted by Crippen LogP contribution is 2.27. The quantitative estimate of drug-likeness (QED) is 0.801. The molecule has 0 N–H and O–H groups in total. The van der Waals surface area contributed by atoms with Crippen LogP contribution < -0.4 is 9.64 Å². The Balaban J connectivity index is 2.19. The maximum absolute atomic E-state index is 12.0. The molecule has 0 radical (unpaired) electrons. The molecule has 17 heavy (non-hydrogen) atoms. The van der Waals surface area contributed by atoms with Gasteiger partial charge in [0.15, 0.2) is 0 Å². The Morgan fingerprint density at radius 2 is 2.12 bits per heavy atom. The van der Waals surface area contributed by atoms with E-state index in [1.54, 1.807) is 0 Å². The molecule has 7 heteroatoms. The summed E-state index contributed by atoms with van der Waals surface area (Å²) in [6.07, 6.45) is -4.75. The fraction of sp³-hybridized carbons (Fsp3) is 0.300. The van der Waals surface area contributed by atoms with Crippen molar-refractivity contribution >= 4 is 11.6 Å². The topological polar surface area (TPSA) is 38.8 Å². The van der Waals surface area contributed by atoms with E-state index in [1.165, 1.54) is 23.1 Å². The molecule has 0 saturated carbocycles.